The Bertz CT molecular complexity index is 281. The van der Waals surface area contributed by atoms with Crippen molar-refractivity contribution in [2.45, 2.75) is 19.8 Å². The number of carbonyl (C=O) groups excluding carboxylic acids is 1. The van der Waals surface area contributed by atoms with Gasteiger partial charge in [0, 0.05) is 17.1 Å². The minimum Gasteiger partial charge on any atom is -0.326 e. The molecular formula is C10H12ClNO. The van der Waals surface area contributed by atoms with E-state index in [-0.39, 0.29) is 5.91 Å². The zero-order valence-electron chi connectivity index (χ0n) is 7.51. The summed E-state index contributed by atoms with van der Waals surface area (Å²) in [4.78, 5) is 11.2. The molecule has 0 aliphatic heterocycles. The van der Waals surface area contributed by atoms with Crippen LogP contribution < -0.4 is 5.32 Å². The molecule has 0 saturated heterocycles. The molecule has 13 heavy (non-hydrogen) atoms. The normalized spacial score (nSPS) is 9.69. The van der Waals surface area contributed by atoms with Crippen LogP contribution in [0.1, 0.15) is 19.8 Å². The molecule has 1 aromatic rings. The van der Waals surface area contributed by atoms with Gasteiger partial charge < -0.3 is 5.32 Å². The van der Waals surface area contributed by atoms with Crippen molar-refractivity contribution in [1.29, 1.82) is 0 Å². The van der Waals surface area contributed by atoms with Crippen molar-refractivity contribution >= 4 is 23.2 Å². The minimum absolute atomic E-state index is 0.0461. The molecule has 1 amide bonds. The van der Waals surface area contributed by atoms with Gasteiger partial charge in [0.2, 0.25) is 5.91 Å². The van der Waals surface area contributed by atoms with Crippen molar-refractivity contribution in [2.75, 3.05) is 5.32 Å². The van der Waals surface area contributed by atoms with E-state index in [1.807, 2.05) is 6.92 Å². The molecule has 0 aliphatic rings. The molecule has 0 aromatic heterocycles. The summed E-state index contributed by atoms with van der Waals surface area (Å²) in [5, 5.41) is 3.45. The Morgan fingerprint density at radius 3 is 2.54 bits per heavy atom. The molecule has 1 aromatic carbocycles. The Hall–Kier alpha value is -1.02. The Morgan fingerprint density at radius 2 is 2.00 bits per heavy atom. The van der Waals surface area contributed by atoms with E-state index in [9.17, 15) is 4.79 Å². The lowest BCUT2D eigenvalue weighted by Gasteiger charge is -2.03. The second-order valence-electron chi connectivity index (χ2n) is 2.81. The van der Waals surface area contributed by atoms with Crippen LogP contribution in [0.5, 0.6) is 0 Å². The Morgan fingerprint density at radius 1 is 1.38 bits per heavy atom. The molecule has 0 radical (unpaired) electrons. The van der Waals surface area contributed by atoms with E-state index >= 15 is 0 Å². The van der Waals surface area contributed by atoms with Crippen LogP contribution in [0.25, 0.3) is 0 Å². The Kier molecular flexibility index (Phi) is 3.77. The molecule has 1 rings (SSSR count). The fourth-order valence-electron chi connectivity index (χ4n) is 0.984. The standard InChI is InChI=1S/C10H12ClNO/c1-2-3-10(13)12-9-6-4-8(11)5-7-9/h4-7H,2-3H2,1H3,(H,12,13). The average molecular weight is 198 g/mol. The smallest absolute Gasteiger partial charge is 0.224 e. The number of rotatable bonds is 3. The first kappa shape index (κ1) is 10.1. The van der Waals surface area contributed by atoms with Gasteiger partial charge >= 0.3 is 0 Å². The maximum absolute atomic E-state index is 11.2. The van der Waals surface area contributed by atoms with Gasteiger partial charge in [0.15, 0.2) is 0 Å². The van der Waals surface area contributed by atoms with Crippen LogP contribution in [0.3, 0.4) is 0 Å². The number of hydrogen-bond acceptors (Lipinski definition) is 1. The van der Waals surface area contributed by atoms with Gasteiger partial charge in [0.25, 0.3) is 0 Å². The maximum Gasteiger partial charge on any atom is 0.224 e. The number of halogens is 1. The lowest BCUT2D eigenvalue weighted by molar-refractivity contribution is -0.116. The van der Waals surface area contributed by atoms with Gasteiger partial charge in [-0.05, 0) is 30.7 Å². The summed E-state index contributed by atoms with van der Waals surface area (Å²) in [6.45, 7) is 1.97. The summed E-state index contributed by atoms with van der Waals surface area (Å²) in [6, 6.07) is 7.08. The summed E-state index contributed by atoms with van der Waals surface area (Å²) in [6.07, 6.45) is 1.42. The highest BCUT2D eigenvalue weighted by Crippen LogP contribution is 2.13. The summed E-state index contributed by atoms with van der Waals surface area (Å²) >= 11 is 5.70. The number of hydrogen-bond donors (Lipinski definition) is 1. The van der Waals surface area contributed by atoms with Crippen molar-refractivity contribution in [3.05, 3.63) is 29.3 Å². The molecular weight excluding hydrogens is 186 g/mol. The zero-order valence-corrected chi connectivity index (χ0v) is 8.27. The molecule has 0 fully saturated rings. The van der Waals surface area contributed by atoms with Gasteiger partial charge in [0.05, 0.1) is 0 Å². The molecule has 0 unspecified atom stereocenters. The second-order valence-corrected chi connectivity index (χ2v) is 3.24. The van der Waals surface area contributed by atoms with Crippen LogP contribution in [-0.4, -0.2) is 5.91 Å². The van der Waals surface area contributed by atoms with Crippen molar-refractivity contribution in [3.63, 3.8) is 0 Å². The zero-order chi connectivity index (χ0) is 9.68. The van der Waals surface area contributed by atoms with E-state index in [0.717, 1.165) is 12.1 Å². The Labute approximate surface area is 82.9 Å². The van der Waals surface area contributed by atoms with E-state index in [2.05, 4.69) is 5.32 Å². The first-order valence-corrected chi connectivity index (χ1v) is 4.65. The fraction of sp³-hybridized carbons (Fsp3) is 0.300. The lowest BCUT2D eigenvalue weighted by atomic mass is 10.3. The van der Waals surface area contributed by atoms with Crippen LogP contribution >= 0.6 is 11.6 Å². The van der Waals surface area contributed by atoms with Gasteiger partial charge in [0.1, 0.15) is 0 Å². The van der Waals surface area contributed by atoms with Crippen molar-refractivity contribution in [2.24, 2.45) is 0 Å². The highest BCUT2D eigenvalue weighted by Gasteiger charge is 1.99. The quantitative estimate of drug-likeness (QED) is 0.793. The first-order valence-electron chi connectivity index (χ1n) is 4.28. The van der Waals surface area contributed by atoms with Crippen molar-refractivity contribution in [3.8, 4) is 0 Å². The number of amides is 1. The number of carbonyl (C=O) groups is 1. The molecule has 0 atom stereocenters. The molecule has 2 nitrogen and oxygen atoms in total. The summed E-state index contributed by atoms with van der Waals surface area (Å²) in [5.41, 5.74) is 0.794. The minimum atomic E-state index is 0.0461. The molecule has 70 valence electrons. The molecule has 0 spiro atoms. The first-order chi connectivity index (χ1) is 6.22. The van der Waals surface area contributed by atoms with E-state index in [1.54, 1.807) is 24.3 Å². The summed E-state index contributed by atoms with van der Waals surface area (Å²) in [5.74, 6) is 0.0461. The Balaban J connectivity index is 2.54. The number of anilines is 1. The highest BCUT2D eigenvalue weighted by atomic mass is 35.5. The monoisotopic (exact) mass is 197 g/mol. The topological polar surface area (TPSA) is 29.1 Å². The van der Waals surface area contributed by atoms with E-state index < -0.39 is 0 Å². The highest BCUT2D eigenvalue weighted by molar-refractivity contribution is 6.30. The van der Waals surface area contributed by atoms with Gasteiger partial charge in [-0.25, -0.2) is 0 Å². The van der Waals surface area contributed by atoms with Gasteiger partial charge in [-0.3, -0.25) is 4.79 Å². The molecule has 0 saturated carbocycles. The van der Waals surface area contributed by atoms with E-state index in [0.29, 0.717) is 11.4 Å². The van der Waals surface area contributed by atoms with E-state index in [4.69, 9.17) is 11.6 Å². The number of nitrogens with one attached hydrogen (secondary N) is 1. The van der Waals surface area contributed by atoms with E-state index in [1.165, 1.54) is 0 Å². The third-order valence-corrected chi connectivity index (χ3v) is 1.86. The van der Waals surface area contributed by atoms with Gasteiger partial charge in [-0.15, -0.1) is 0 Å². The van der Waals surface area contributed by atoms with Crippen LogP contribution in [0.15, 0.2) is 24.3 Å². The van der Waals surface area contributed by atoms with Crippen LogP contribution in [0, 0.1) is 0 Å². The third kappa shape index (κ3) is 3.47. The predicted molar refractivity (Wildman–Crippen MR) is 55.0 cm³/mol. The third-order valence-electron chi connectivity index (χ3n) is 1.61. The van der Waals surface area contributed by atoms with Gasteiger partial charge in [-0.2, -0.15) is 0 Å². The predicted octanol–water partition coefficient (Wildman–Crippen LogP) is 3.08. The average Bonchev–Trinajstić information content (AvgIpc) is 2.09. The molecule has 1 N–H and O–H groups in total. The molecule has 0 aliphatic carbocycles. The maximum atomic E-state index is 11.2. The van der Waals surface area contributed by atoms with Crippen molar-refractivity contribution < 1.29 is 4.79 Å². The summed E-state index contributed by atoms with van der Waals surface area (Å²) < 4.78 is 0. The largest absolute Gasteiger partial charge is 0.326 e. The molecule has 0 bridgehead atoms. The fourth-order valence-corrected chi connectivity index (χ4v) is 1.11. The van der Waals surface area contributed by atoms with Crippen molar-refractivity contribution in [1.82, 2.24) is 0 Å². The second kappa shape index (κ2) is 4.87. The SMILES string of the molecule is CCCC(=O)Nc1ccc(Cl)cc1. The number of benzene rings is 1. The van der Waals surface area contributed by atoms with Crippen LogP contribution in [0.4, 0.5) is 5.69 Å². The van der Waals surface area contributed by atoms with Crippen LogP contribution in [-0.2, 0) is 4.79 Å². The molecule has 3 heteroatoms. The molecule has 0 heterocycles. The van der Waals surface area contributed by atoms with Crippen LogP contribution in [0.2, 0.25) is 5.02 Å². The lowest BCUT2D eigenvalue weighted by Crippen LogP contribution is -2.10. The van der Waals surface area contributed by atoms with Gasteiger partial charge in [-0.1, -0.05) is 18.5 Å². The summed E-state index contributed by atoms with van der Waals surface area (Å²) in [7, 11) is 0.